The summed E-state index contributed by atoms with van der Waals surface area (Å²) in [6, 6.07) is 7.88. The van der Waals surface area contributed by atoms with Gasteiger partial charge in [-0.05, 0) is 19.1 Å². The maximum absolute atomic E-state index is 11.0. The normalized spacial score (nSPS) is 10.6. The lowest BCUT2D eigenvalue weighted by Gasteiger charge is -2.00. The molecule has 0 amide bonds. The molecule has 0 aliphatic carbocycles. The maximum Gasteiger partial charge on any atom is 0.308 e. The van der Waals surface area contributed by atoms with Crippen LogP contribution in [0.4, 0.5) is 0 Å². The van der Waals surface area contributed by atoms with E-state index < -0.39 is 0 Å². The molecule has 0 spiro atoms. The fourth-order valence-electron chi connectivity index (χ4n) is 1.76. The van der Waals surface area contributed by atoms with Crippen LogP contribution in [0.3, 0.4) is 0 Å². The van der Waals surface area contributed by atoms with Gasteiger partial charge in [-0.25, -0.2) is 0 Å². The predicted octanol–water partition coefficient (Wildman–Crippen LogP) is 2.41. The molecule has 1 aromatic heterocycles. The Morgan fingerprint density at radius 2 is 2.00 bits per heavy atom. The van der Waals surface area contributed by atoms with Crippen LogP contribution in [-0.2, 0) is 11.8 Å². The van der Waals surface area contributed by atoms with Gasteiger partial charge >= 0.3 is 5.97 Å². The molecule has 78 valence electrons. The van der Waals surface area contributed by atoms with Gasteiger partial charge in [0.15, 0.2) is 5.75 Å². The van der Waals surface area contributed by atoms with Gasteiger partial charge < -0.3 is 9.30 Å². The van der Waals surface area contributed by atoms with E-state index in [9.17, 15) is 4.79 Å². The largest absolute Gasteiger partial charge is 0.424 e. The number of para-hydroxylation sites is 1. The summed E-state index contributed by atoms with van der Waals surface area (Å²) in [6.07, 6.45) is 0. The number of hydrogen-bond acceptors (Lipinski definition) is 2. The number of nitrogens with zero attached hydrogens (tertiary/aromatic N) is 1. The van der Waals surface area contributed by atoms with Crippen molar-refractivity contribution >= 4 is 16.9 Å². The molecule has 0 unspecified atom stereocenters. The SMILES string of the molecule is CC(=O)Oc1c(C)n(C)c2ccccc12. The monoisotopic (exact) mass is 203 g/mol. The number of fused-ring (bicyclic) bond motifs is 1. The molecule has 0 aliphatic heterocycles. The van der Waals surface area contributed by atoms with Crippen LogP contribution in [0, 0.1) is 6.92 Å². The average molecular weight is 203 g/mol. The Morgan fingerprint density at radius 1 is 1.33 bits per heavy atom. The van der Waals surface area contributed by atoms with E-state index in [2.05, 4.69) is 0 Å². The highest BCUT2D eigenvalue weighted by Crippen LogP contribution is 2.31. The maximum atomic E-state index is 11.0. The zero-order valence-corrected chi connectivity index (χ0v) is 9.07. The van der Waals surface area contributed by atoms with Crippen molar-refractivity contribution in [3.05, 3.63) is 30.0 Å². The van der Waals surface area contributed by atoms with Gasteiger partial charge in [-0.15, -0.1) is 0 Å². The van der Waals surface area contributed by atoms with Crippen molar-refractivity contribution in [1.82, 2.24) is 4.57 Å². The van der Waals surface area contributed by atoms with Gasteiger partial charge in [0.2, 0.25) is 0 Å². The van der Waals surface area contributed by atoms with Gasteiger partial charge in [-0.3, -0.25) is 4.79 Å². The van der Waals surface area contributed by atoms with E-state index in [0.29, 0.717) is 5.75 Å². The Kier molecular flexibility index (Phi) is 2.23. The second-order valence-corrected chi connectivity index (χ2v) is 3.58. The summed E-state index contributed by atoms with van der Waals surface area (Å²) in [5.74, 6) is 0.384. The summed E-state index contributed by atoms with van der Waals surface area (Å²) >= 11 is 0. The average Bonchev–Trinajstić information content (AvgIpc) is 2.44. The minimum absolute atomic E-state index is 0.283. The van der Waals surface area contributed by atoms with Gasteiger partial charge in [0.05, 0.1) is 11.2 Å². The zero-order valence-electron chi connectivity index (χ0n) is 9.07. The van der Waals surface area contributed by atoms with Crippen LogP contribution in [0.15, 0.2) is 24.3 Å². The Labute approximate surface area is 88.3 Å². The van der Waals surface area contributed by atoms with E-state index in [1.807, 2.05) is 42.8 Å². The number of rotatable bonds is 1. The highest BCUT2D eigenvalue weighted by Gasteiger charge is 2.13. The van der Waals surface area contributed by atoms with Gasteiger partial charge in [0.1, 0.15) is 0 Å². The topological polar surface area (TPSA) is 31.2 Å². The van der Waals surface area contributed by atoms with Crippen molar-refractivity contribution in [3.63, 3.8) is 0 Å². The van der Waals surface area contributed by atoms with Gasteiger partial charge in [-0.2, -0.15) is 0 Å². The molecule has 0 fully saturated rings. The summed E-state index contributed by atoms with van der Waals surface area (Å²) in [4.78, 5) is 11.0. The van der Waals surface area contributed by atoms with Crippen molar-refractivity contribution in [3.8, 4) is 5.75 Å². The van der Waals surface area contributed by atoms with Crippen molar-refractivity contribution in [1.29, 1.82) is 0 Å². The summed E-state index contributed by atoms with van der Waals surface area (Å²) in [5.41, 5.74) is 2.04. The Hall–Kier alpha value is -1.77. The van der Waals surface area contributed by atoms with Crippen LogP contribution in [0.1, 0.15) is 12.6 Å². The summed E-state index contributed by atoms with van der Waals surface area (Å²) in [5, 5.41) is 0.979. The lowest BCUT2D eigenvalue weighted by atomic mass is 10.2. The lowest BCUT2D eigenvalue weighted by Crippen LogP contribution is -2.02. The molecule has 3 nitrogen and oxygen atoms in total. The molecule has 2 rings (SSSR count). The number of carbonyl (C=O) groups is 1. The first-order valence-electron chi connectivity index (χ1n) is 4.83. The quantitative estimate of drug-likeness (QED) is 0.666. The van der Waals surface area contributed by atoms with Crippen LogP contribution >= 0.6 is 0 Å². The molecule has 1 aromatic carbocycles. The lowest BCUT2D eigenvalue weighted by molar-refractivity contribution is -0.131. The first-order valence-corrected chi connectivity index (χ1v) is 4.83. The Bertz CT molecular complexity index is 526. The second kappa shape index (κ2) is 3.42. The molecule has 0 saturated heterocycles. The number of carbonyl (C=O) groups excluding carboxylic acids is 1. The summed E-state index contributed by atoms with van der Waals surface area (Å²) in [7, 11) is 1.96. The molecular formula is C12H13NO2. The van der Waals surface area contributed by atoms with Crippen LogP contribution in [0.25, 0.3) is 10.9 Å². The fourth-order valence-corrected chi connectivity index (χ4v) is 1.76. The molecule has 3 heteroatoms. The molecule has 2 aromatic rings. The van der Waals surface area contributed by atoms with Crippen LogP contribution in [-0.4, -0.2) is 10.5 Å². The molecule has 0 bridgehead atoms. The molecular weight excluding hydrogens is 190 g/mol. The van der Waals surface area contributed by atoms with Gasteiger partial charge in [-0.1, -0.05) is 12.1 Å². The number of esters is 1. The van der Waals surface area contributed by atoms with E-state index >= 15 is 0 Å². The molecule has 0 radical (unpaired) electrons. The van der Waals surface area contributed by atoms with E-state index in [4.69, 9.17) is 4.74 Å². The Morgan fingerprint density at radius 3 is 2.67 bits per heavy atom. The van der Waals surface area contributed by atoms with Crippen LogP contribution in [0.2, 0.25) is 0 Å². The van der Waals surface area contributed by atoms with Crippen molar-refractivity contribution in [2.75, 3.05) is 0 Å². The third-order valence-electron chi connectivity index (χ3n) is 2.59. The number of aromatic nitrogens is 1. The first kappa shape index (κ1) is 9.77. The van der Waals surface area contributed by atoms with Crippen molar-refractivity contribution < 1.29 is 9.53 Å². The van der Waals surface area contributed by atoms with E-state index in [1.54, 1.807) is 0 Å². The molecule has 0 N–H and O–H groups in total. The minimum atomic E-state index is -0.283. The number of ether oxygens (including phenoxy) is 1. The predicted molar refractivity (Wildman–Crippen MR) is 59.0 cm³/mol. The first-order chi connectivity index (χ1) is 7.11. The molecule has 0 saturated carbocycles. The molecule has 15 heavy (non-hydrogen) atoms. The van der Waals surface area contributed by atoms with Crippen molar-refractivity contribution in [2.24, 2.45) is 7.05 Å². The van der Waals surface area contributed by atoms with Crippen LogP contribution in [0.5, 0.6) is 5.75 Å². The van der Waals surface area contributed by atoms with E-state index in [0.717, 1.165) is 16.6 Å². The number of aryl methyl sites for hydroxylation is 1. The number of benzene rings is 1. The third kappa shape index (κ3) is 1.50. The third-order valence-corrected chi connectivity index (χ3v) is 2.59. The fraction of sp³-hybridized carbons (Fsp3) is 0.250. The summed E-state index contributed by atoms with van der Waals surface area (Å²) < 4.78 is 7.24. The molecule has 0 atom stereocenters. The minimum Gasteiger partial charge on any atom is -0.424 e. The second-order valence-electron chi connectivity index (χ2n) is 3.58. The van der Waals surface area contributed by atoms with Gasteiger partial charge in [0, 0.05) is 19.4 Å². The van der Waals surface area contributed by atoms with E-state index in [-0.39, 0.29) is 5.97 Å². The highest BCUT2D eigenvalue weighted by atomic mass is 16.5. The smallest absolute Gasteiger partial charge is 0.308 e. The highest BCUT2D eigenvalue weighted by molar-refractivity contribution is 5.90. The standard InChI is InChI=1S/C12H13NO2/c1-8-12(15-9(2)14)10-6-4-5-7-11(10)13(8)3/h4-7H,1-3H3. The van der Waals surface area contributed by atoms with Gasteiger partial charge in [0.25, 0.3) is 0 Å². The zero-order chi connectivity index (χ0) is 11.0. The van der Waals surface area contributed by atoms with Crippen LogP contribution < -0.4 is 4.74 Å². The molecule has 0 aliphatic rings. The Balaban J connectivity index is 2.72. The molecule has 1 heterocycles. The summed E-state index contributed by atoms with van der Waals surface area (Å²) in [6.45, 7) is 3.36. The number of hydrogen-bond donors (Lipinski definition) is 0. The van der Waals surface area contributed by atoms with E-state index in [1.165, 1.54) is 6.92 Å². The van der Waals surface area contributed by atoms with Crippen molar-refractivity contribution in [2.45, 2.75) is 13.8 Å².